The Bertz CT molecular complexity index is 1210. The van der Waals surface area contributed by atoms with Gasteiger partial charge in [0.15, 0.2) is 29.0 Å². The number of hydrogen-bond acceptors (Lipinski definition) is 8. The number of benzene rings is 1. The van der Waals surface area contributed by atoms with Crippen molar-refractivity contribution in [3.8, 4) is 0 Å². The lowest BCUT2D eigenvalue weighted by atomic mass is 10.1. The van der Waals surface area contributed by atoms with Gasteiger partial charge < -0.3 is 24.3 Å². The zero-order valence-electron chi connectivity index (χ0n) is 18.9. The highest BCUT2D eigenvalue weighted by molar-refractivity contribution is 5.82. The van der Waals surface area contributed by atoms with Gasteiger partial charge in [-0.2, -0.15) is 0 Å². The van der Waals surface area contributed by atoms with Gasteiger partial charge in [0.05, 0.1) is 19.0 Å². The van der Waals surface area contributed by atoms with Gasteiger partial charge in [-0.05, 0) is 38.0 Å². The summed E-state index contributed by atoms with van der Waals surface area (Å²) in [4.78, 5) is 13.5. The van der Waals surface area contributed by atoms with Crippen molar-refractivity contribution in [2.45, 2.75) is 56.6 Å². The van der Waals surface area contributed by atoms with Gasteiger partial charge in [-0.15, -0.1) is 0 Å². The van der Waals surface area contributed by atoms with E-state index in [1.807, 2.05) is 30.6 Å². The predicted molar refractivity (Wildman–Crippen MR) is 121 cm³/mol. The van der Waals surface area contributed by atoms with Crippen LogP contribution in [0.2, 0.25) is 0 Å². The normalized spacial score (nSPS) is 30.4. The van der Waals surface area contributed by atoms with Gasteiger partial charge in [0.1, 0.15) is 30.5 Å². The number of ether oxygens (including phenoxy) is 4. The lowest BCUT2D eigenvalue weighted by Crippen LogP contribution is -2.28. The fourth-order valence-corrected chi connectivity index (χ4v) is 4.75. The third-order valence-corrected chi connectivity index (χ3v) is 6.32. The molecular formula is C24H26FN5O4. The molecule has 1 unspecified atom stereocenters. The maximum absolute atomic E-state index is 13.3. The first-order chi connectivity index (χ1) is 16.5. The van der Waals surface area contributed by atoms with Crippen molar-refractivity contribution in [3.63, 3.8) is 0 Å². The molecule has 0 aliphatic carbocycles. The molecule has 3 aliphatic rings. The molecule has 2 aromatic heterocycles. The van der Waals surface area contributed by atoms with E-state index in [1.165, 1.54) is 18.5 Å². The first-order valence-corrected chi connectivity index (χ1v) is 11.4. The van der Waals surface area contributed by atoms with Crippen LogP contribution in [0.4, 0.5) is 10.2 Å². The minimum Gasteiger partial charge on any atom is -0.379 e. The Morgan fingerprint density at radius 3 is 2.74 bits per heavy atom. The van der Waals surface area contributed by atoms with E-state index in [1.54, 1.807) is 18.5 Å². The van der Waals surface area contributed by atoms with Crippen LogP contribution in [0.15, 0.2) is 43.0 Å². The van der Waals surface area contributed by atoms with Crippen molar-refractivity contribution in [2.75, 3.05) is 18.5 Å². The van der Waals surface area contributed by atoms with Gasteiger partial charge in [-0.25, -0.2) is 19.3 Å². The summed E-state index contributed by atoms with van der Waals surface area (Å²) in [6.07, 6.45) is 6.45. The lowest BCUT2D eigenvalue weighted by molar-refractivity contribution is -0.191. The summed E-state index contributed by atoms with van der Waals surface area (Å²) in [5, 5.41) is 3.41. The van der Waals surface area contributed by atoms with Crippen LogP contribution in [0.25, 0.3) is 17.2 Å². The number of hydrogen-bond donors (Lipinski definition) is 1. The average Bonchev–Trinajstić information content (AvgIpc) is 3.58. The number of imidazole rings is 1. The van der Waals surface area contributed by atoms with Crippen molar-refractivity contribution in [2.24, 2.45) is 0 Å². The molecule has 3 aliphatic heterocycles. The molecule has 34 heavy (non-hydrogen) atoms. The maximum atomic E-state index is 13.3. The van der Waals surface area contributed by atoms with E-state index in [9.17, 15) is 4.39 Å². The van der Waals surface area contributed by atoms with Crippen molar-refractivity contribution < 1.29 is 23.3 Å². The van der Waals surface area contributed by atoms with Gasteiger partial charge >= 0.3 is 0 Å². The fraction of sp³-hybridized carbons (Fsp3) is 0.458. The molecule has 0 radical (unpaired) electrons. The second-order valence-corrected chi connectivity index (χ2v) is 9.22. The first-order valence-electron chi connectivity index (χ1n) is 11.4. The highest BCUT2D eigenvalue weighted by Gasteiger charge is 2.55. The van der Waals surface area contributed by atoms with Crippen LogP contribution in [0, 0.1) is 5.82 Å². The molecule has 0 bridgehead atoms. The molecule has 3 fully saturated rings. The van der Waals surface area contributed by atoms with Gasteiger partial charge in [0.25, 0.3) is 0 Å². The molecule has 1 N–H and O–H groups in total. The van der Waals surface area contributed by atoms with E-state index >= 15 is 0 Å². The second-order valence-electron chi connectivity index (χ2n) is 9.22. The van der Waals surface area contributed by atoms with Crippen LogP contribution in [0.1, 0.15) is 32.1 Å². The summed E-state index contributed by atoms with van der Waals surface area (Å²) >= 11 is 0. The van der Waals surface area contributed by atoms with Crippen molar-refractivity contribution in [1.82, 2.24) is 19.5 Å². The molecule has 0 amide bonds. The number of fused-ring (bicyclic) bond motifs is 2. The highest BCUT2D eigenvalue weighted by Crippen LogP contribution is 2.44. The topological polar surface area (TPSA) is 92.6 Å². The molecule has 5 atom stereocenters. The number of nitrogens with zero attached hydrogens (tertiary/aromatic N) is 4. The number of anilines is 1. The molecule has 178 valence electrons. The Labute approximate surface area is 195 Å². The van der Waals surface area contributed by atoms with E-state index < -0.39 is 12.0 Å². The Morgan fingerprint density at radius 2 is 1.94 bits per heavy atom. The van der Waals surface area contributed by atoms with Crippen LogP contribution in [-0.4, -0.2) is 62.9 Å². The monoisotopic (exact) mass is 467 g/mol. The van der Waals surface area contributed by atoms with Gasteiger partial charge in [0, 0.05) is 6.61 Å². The van der Waals surface area contributed by atoms with E-state index in [2.05, 4.69) is 20.3 Å². The largest absolute Gasteiger partial charge is 0.379 e. The van der Waals surface area contributed by atoms with E-state index in [4.69, 9.17) is 18.9 Å². The Balaban J connectivity index is 1.30. The zero-order valence-corrected chi connectivity index (χ0v) is 18.9. The molecule has 9 nitrogen and oxygen atoms in total. The fourth-order valence-electron chi connectivity index (χ4n) is 4.75. The minimum atomic E-state index is -0.750. The molecule has 3 aromatic rings. The number of nitrogens with one attached hydrogen (secondary N) is 1. The molecule has 10 heteroatoms. The Hall–Kier alpha value is -2.92. The van der Waals surface area contributed by atoms with Gasteiger partial charge in [-0.1, -0.05) is 24.3 Å². The van der Waals surface area contributed by atoms with E-state index in [0.717, 1.165) is 18.6 Å². The molecule has 0 saturated carbocycles. The number of halogens is 1. The van der Waals surface area contributed by atoms with Gasteiger partial charge in [-0.3, -0.25) is 4.57 Å². The van der Waals surface area contributed by atoms with Crippen LogP contribution < -0.4 is 5.32 Å². The molecule has 5 heterocycles. The molecule has 3 saturated heterocycles. The smallest absolute Gasteiger partial charge is 0.167 e. The van der Waals surface area contributed by atoms with Crippen LogP contribution in [0.3, 0.4) is 0 Å². The van der Waals surface area contributed by atoms with Crippen LogP contribution in [0.5, 0.6) is 0 Å². The van der Waals surface area contributed by atoms with Crippen LogP contribution in [-0.2, 0) is 18.9 Å². The maximum Gasteiger partial charge on any atom is 0.167 e. The summed E-state index contributed by atoms with van der Waals surface area (Å²) in [6, 6.07) is 6.49. The standard InChI is InChI=1S/C24H26FN5O4/c1-24(2)33-19-17(8-5-14-3-6-15(25)7-4-14)32-23(20(19)34-24)30-13-28-18-21(26-12-27-22(18)30)29-16-9-10-31-11-16/h3-8,12-13,16-17,19-20,23H,9-11H2,1-2H3,(H,26,27,29)/b8-5+/t16?,17-,19-,20-,23-/m1/s1. The Kier molecular flexibility index (Phi) is 5.33. The van der Waals surface area contributed by atoms with Crippen molar-refractivity contribution in [1.29, 1.82) is 0 Å². The summed E-state index contributed by atoms with van der Waals surface area (Å²) in [5.74, 6) is -0.350. The van der Waals surface area contributed by atoms with Gasteiger partial charge in [0.2, 0.25) is 0 Å². The summed E-state index contributed by atoms with van der Waals surface area (Å²) in [6.45, 7) is 5.16. The zero-order chi connectivity index (χ0) is 23.3. The second kappa shape index (κ2) is 8.38. The van der Waals surface area contributed by atoms with E-state index in [0.29, 0.717) is 23.6 Å². The summed E-state index contributed by atoms with van der Waals surface area (Å²) < 4.78 is 39.4. The minimum absolute atomic E-state index is 0.198. The Morgan fingerprint density at radius 1 is 1.12 bits per heavy atom. The SMILES string of the molecule is CC1(C)O[C@@H]2[C@H](O1)[C@@H](/C=C/c1ccc(F)cc1)O[C@H]2n1cnc2c(NC3CCOC3)ncnc21. The predicted octanol–water partition coefficient (Wildman–Crippen LogP) is 3.30. The van der Waals surface area contributed by atoms with Crippen LogP contribution >= 0.6 is 0 Å². The third-order valence-electron chi connectivity index (χ3n) is 6.32. The summed E-state index contributed by atoms with van der Waals surface area (Å²) in [5.41, 5.74) is 2.19. The quantitative estimate of drug-likeness (QED) is 0.611. The van der Waals surface area contributed by atoms with Crippen molar-refractivity contribution >= 4 is 23.1 Å². The first kappa shape index (κ1) is 21.6. The third kappa shape index (κ3) is 3.96. The molecule has 1 aromatic carbocycles. The highest BCUT2D eigenvalue weighted by atomic mass is 19.1. The molecular weight excluding hydrogens is 441 g/mol. The summed E-state index contributed by atoms with van der Waals surface area (Å²) in [7, 11) is 0. The lowest BCUT2D eigenvalue weighted by Gasteiger charge is -2.24. The molecule has 0 spiro atoms. The average molecular weight is 468 g/mol. The van der Waals surface area contributed by atoms with Crippen molar-refractivity contribution in [3.05, 3.63) is 54.4 Å². The number of rotatable bonds is 5. The van der Waals surface area contributed by atoms with E-state index in [-0.39, 0.29) is 30.2 Å². The molecule has 6 rings (SSSR count). The number of aromatic nitrogens is 4.